The SMILES string of the molecule is CNc1ncc(-c2ccc(C)cc2)nc1C(=O)Nc1ccc(S(=O)(=O)CP(=O)(OC)OC)cc1. The number of aryl methyl sites for hydroxylation is 1. The van der Waals surface area contributed by atoms with Crippen molar-refractivity contribution in [2.24, 2.45) is 0 Å². The molecule has 1 amide bonds. The number of sulfone groups is 1. The summed E-state index contributed by atoms with van der Waals surface area (Å²) in [6.45, 7) is 1.97. The summed E-state index contributed by atoms with van der Waals surface area (Å²) >= 11 is 0. The van der Waals surface area contributed by atoms with Crippen LogP contribution in [0.15, 0.2) is 59.6 Å². The highest BCUT2D eigenvalue weighted by atomic mass is 32.2. The molecule has 0 saturated carbocycles. The van der Waals surface area contributed by atoms with Crippen molar-refractivity contribution in [2.45, 2.75) is 11.8 Å². The lowest BCUT2D eigenvalue weighted by atomic mass is 10.1. The first kappa shape index (κ1) is 25.5. The van der Waals surface area contributed by atoms with E-state index in [1.54, 1.807) is 13.2 Å². The molecule has 2 aromatic carbocycles. The summed E-state index contributed by atoms with van der Waals surface area (Å²) in [6, 6.07) is 13.1. The molecule has 0 fully saturated rings. The van der Waals surface area contributed by atoms with Crippen LogP contribution in [0.1, 0.15) is 16.1 Å². The van der Waals surface area contributed by atoms with Crippen molar-refractivity contribution in [3.63, 3.8) is 0 Å². The lowest BCUT2D eigenvalue weighted by Gasteiger charge is -2.14. The van der Waals surface area contributed by atoms with Crippen molar-refractivity contribution in [1.29, 1.82) is 0 Å². The maximum atomic E-state index is 12.9. The van der Waals surface area contributed by atoms with E-state index in [-0.39, 0.29) is 10.6 Å². The smallest absolute Gasteiger partial charge is 0.345 e. The molecule has 34 heavy (non-hydrogen) atoms. The third-order valence-corrected chi connectivity index (χ3v) is 9.66. The minimum Gasteiger partial charge on any atom is -0.371 e. The largest absolute Gasteiger partial charge is 0.371 e. The Morgan fingerprint density at radius 3 is 2.21 bits per heavy atom. The maximum absolute atomic E-state index is 12.9. The Labute approximate surface area is 198 Å². The standard InChI is InChI=1S/C22H25N4O6PS/c1-15-5-7-16(8-6-15)19-13-24-21(23-2)20(26-19)22(27)25-17-9-11-18(12-10-17)34(29,30)14-33(28,31-3)32-4/h5-13H,14H2,1-4H3,(H,23,24)(H,25,27). The molecule has 12 heteroatoms. The zero-order chi connectivity index (χ0) is 24.9. The molecule has 2 N–H and O–H groups in total. The van der Waals surface area contributed by atoms with Gasteiger partial charge < -0.3 is 19.7 Å². The van der Waals surface area contributed by atoms with Crippen molar-refractivity contribution in [3.05, 3.63) is 66.0 Å². The number of carbonyl (C=O) groups excluding carboxylic acids is 1. The first-order chi connectivity index (χ1) is 16.1. The number of hydrogen-bond donors (Lipinski definition) is 2. The molecular weight excluding hydrogens is 479 g/mol. The van der Waals surface area contributed by atoms with Crippen molar-refractivity contribution in [3.8, 4) is 11.3 Å². The average molecular weight is 505 g/mol. The Bertz CT molecular complexity index is 1320. The molecule has 0 atom stereocenters. The lowest BCUT2D eigenvalue weighted by Crippen LogP contribution is -2.17. The maximum Gasteiger partial charge on any atom is 0.345 e. The molecule has 1 heterocycles. The van der Waals surface area contributed by atoms with Crippen LogP contribution in [0.2, 0.25) is 0 Å². The number of benzene rings is 2. The zero-order valence-electron chi connectivity index (χ0n) is 19.1. The summed E-state index contributed by atoms with van der Waals surface area (Å²) in [5, 5.41) is 5.54. The van der Waals surface area contributed by atoms with E-state index < -0.39 is 28.8 Å². The summed E-state index contributed by atoms with van der Waals surface area (Å²) in [5.74, 6) is -0.230. The third kappa shape index (κ3) is 5.87. The van der Waals surface area contributed by atoms with Gasteiger partial charge in [-0.15, -0.1) is 0 Å². The number of nitrogens with zero attached hydrogens (tertiary/aromatic N) is 2. The molecule has 0 aliphatic carbocycles. The van der Waals surface area contributed by atoms with Crippen LogP contribution < -0.4 is 10.6 Å². The Hall–Kier alpha value is -3.11. The summed E-state index contributed by atoms with van der Waals surface area (Å²) < 4.78 is 46.8. The van der Waals surface area contributed by atoms with E-state index in [1.807, 2.05) is 31.2 Å². The van der Waals surface area contributed by atoms with Crippen molar-refractivity contribution in [1.82, 2.24) is 9.97 Å². The lowest BCUT2D eigenvalue weighted by molar-refractivity contribution is 0.102. The minimum atomic E-state index is -3.95. The fourth-order valence-corrected chi connectivity index (χ4v) is 6.80. The van der Waals surface area contributed by atoms with E-state index in [4.69, 9.17) is 9.05 Å². The van der Waals surface area contributed by atoms with E-state index in [1.165, 1.54) is 24.3 Å². The zero-order valence-corrected chi connectivity index (χ0v) is 20.8. The Kier molecular flexibility index (Phi) is 7.83. The van der Waals surface area contributed by atoms with E-state index in [0.29, 0.717) is 17.2 Å². The molecule has 0 aliphatic rings. The molecule has 0 radical (unpaired) electrons. The number of anilines is 2. The normalized spacial score (nSPS) is 11.8. The first-order valence-electron chi connectivity index (χ1n) is 10.1. The molecule has 3 aromatic rings. The molecule has 3 rings (SSSR count). The van der Waals surface area contributed by atoms with Gasteiger partial charge in [0.15, 0.2) is 26.8 Å². The summed E-state index contributed by atoms with van der Waals surface area (Å²) in [7, 11) is -3.84. The molecule has 0 saturated heterocycles. The second-order valence-corrected chi connectivity index (χ2v) is 12.0. The molecule has 10 nitrogen and oxygen atoms in total. The van der Waals surface area contributed by atoms with E-state index in [0.717, 1.165) is 25.3 Å². The number of aromatic nitrogens is 2. The Morgan fingerprint density at radius 1 is 1.03 bits per heavy atom. The molecule has 180 valence electrons. The van der Waals surface area contributed by atoms with Crippen LogP contribution in [-0.2, 0) is 23.4 Å². The average Bonchev–Trinajstić information content (AvgIpc) is 2.84. The number of hydrogen-bond acceptors (Lipinski definition) is 9. The van der Waals surface area contributed by atoms with Crippen LogP contribution >= 0.6 is 7.60 Å². The number of nitrogens with one attached hydrogen (secondary N) is 2. The fraction of sp³-hybridized carbons (Fsp3) is 0.227. The molecule has 0 bridgehead atoms. The molecule has 1 aromatic heterocycles. The van der Waals surface area contributed by atoms with Crippen LogP contribution in [0.4, 0.5) is 11.5 Å². The Morgan fingerprint density at radius 2 is 1.65 bits per heavy atom. The predicted octanol–water partition coefficient (Wildman–Crippen LogP) is 3.96. The van der Waals surface area contributed by atoms with E-state index in [9.17, 15) is 17.8 Å². The van der Waals surface area contributed by atoms with Gasteiger partial charge in [-0.3, -0.25) is 9.36 Å². The summed E-state index contributed by atoms with van der Waals surface area (Å²) in [5.41, 5.74) is 2.07. The van der Waals surface area contributed by atoms with E-state index >= 15 is 0 Å². The van der Waals surface area contributed by atoms with Gasteiger partial charge in [-0.25, -0.2) is 18.4 Å². The highest BCUT2D eigenvalue weighted by molar-refractivity contribution is 7.97. The second-order valence-electron chi connectivity index (χ2n) is 7.27. The van der Waals surface area contributed by atoms with Gasteiger partial charge >= 0.3 is 7.60 Å². The van der Waals surface area contributed by atoms with Gasteiger partial charge in [0.1, 0.15) is 0 Å². The molecule has 0 aliphatic heterocycles. The fourth-order valence-electron chi connectivity index (χ4n) is 2.99. The van der Waals surface area contributed by atoms with Gasteiger partial charge in [0.2, 0.25) is 0 Å². The number of amides is 1. The minimum absolute atomic E-state index is 0.0819. The predicted molar refractivity (Wildman–Crippen MR) is 130 cm³/mol. The quantitative estimate of drug-likeness (QED) is 0.415. The van der Waals surface area contributed by atoms with Crippen LogP contribution in [0.3, 0.4) is 0 Å². The summed E-state index contributed by atoms with van der Waals surface area (Å²) in [6.07, 6.45) is 1.58. The topological polar surface area (TPSA) is 137 Å². The van der Waals surface area contributed by atoms with Crippen LogP contribution in [0, 0.1) is 6.92 Å². The van der Waals surface area contributed by atoms with Gasteiger partial charge in [0.05, 0.1) is 16.8 Å². The first-order valence-corrected chi connectivity index (χ1v) is 13.5. The van der Waals surface area contributed by atoms with Crippen LogP contribution in [0.5, 0.6) is 0 Å². The second kappa shape index (κ2) is 10.4. The van der Waals surface area contributed by atoms with Gasteiger partial charge in [-0.1, -0.05) is 29.8 Å². The number of carbonyl (C=O) groups is 1. The molecular formula is C22H25N4O6PS. The van der Waals surface area contributed by atoms with Crippen molar-refractivity contribution in [2.75, 3.05) is 37.4 Å². The highest BCUT2D eigenvalue weighted by Crippen LogP contribution is 2.48. The number of rotatable bonds is 9. The third-order valence-electron chi connectivity index (χ3n) is 4.93. The Balaban J connectivity index is 1.82. The van der Waals surface area contributed by atoms with Gasteiger partial charge in [-0.05, 0) is 31.2 Å². The van der Waals surface area contributed by atoms with Crippen LogP contribution in [0.25, 0.3) is 11.3 Å². The van der Waals surface area contributed by atoms with Crippen molar-refractivity contribution >= 4 is 34.8 Å². The molecule has 0 unspecified atom stereocenters. The van der Waals surface area contributed by atoms with Crippen molar-refractivity contribution < 1.29 is 26.8 Å². The van der Waals surface area contributed by atoms with Gasteiger partial charge in [0.25, 0.3) is 5.91 Å². The van der Waals surface area contributed by atoms with E-state index in [2.05, 4.69) is 20.6 Å². The molecule has 0 spiro atoms. The summed E-state index contributed by atoms with van der Waals surface area (Å²) in [4.78, 5) is 21.6. The van der Waals surface area contributed by atoms with Gasteiger partial charge in [-0.2, -0.15) is 0 Å². The monoisotopic (exact) mass is 504 g/mol. The van der Waals surface area contributed by atoms with Gasteiger partial charge in [0, 0.05) is 32.5 Å². The highest BCUT2D eigenvalue weighted by Gasteiger charge is 2.31. The van der Waals surface area contributed by atoms with Crippen LogP contribution in [-0.4, -0.2) is 51.1 Å².